The zero-order valence-electron chi connectivity index (χ0n) is 21.8. The summed E-state index contributed by atoms with van der Waals surface area (Å²) in [6.45, 7) is 6.26. The zero-order valence-corrected chi connectivity index (χ0v) is 21.8. The molecule has 1 N–H and O–H groups in total. The predicted octanol–water partition coefficient (Wildman–Crippen LogP) is 3.44. The van der Waals surface area contributed by atoms with Crippen LogP contribution in [0.5, 0.6) is 0 Å². The molecule has 36 heavy (non-hydrogen) atoms. The van der Waals surface area contributed by atoms with Gasteiger partial charge in [0.15, 0.2) is 12.4 Å². The molecule has 0 aromatic heterocycles. The van der Waals surface area contributed by atoms with Crippen LogP contribution in [0.4, 0.5) is 0 Å². The topological polar surface area (TPSA) is 123 Å². The van der Waals surface area contributed by atoms with Crippen LogP contribution < -0.4 is 0 Å². The van der Waals surface area contributed by atoms with Gasteiger partial charge in [-0.05, 0) is 57.9 Å². The summed E-state index contributed by atoms with van der Waals surface area (Å²) in [4.78, 5) is 57.4. The molecule has 0 radical (unpaired) electrons. The smallest absolute Gasteiger partial charge is 0.342 e. The predicted molar refractivity (Wildman–Crippen MR) is 135 cm³/mol. The fourth-order valence-corrected chi connectivity index (χ4v) is 4.22. The average molecular weight is 505 g/mol. The molecule has 2 aliphatic heterocycles. The van der Waals surface area contributed by atoms with Gasteiger partial charge in [-0.15, -0.1) is 0 Å². The van der Waals surface area contributed by atoms with Crippen LogP contribution in [0.25, 0.3) is 0 Å². The number of rotatable bonds is 7. The molecule has 0 aliphatic carbocycles. The number of amides is 1. The standard InChI is InChI=1S/C27H40N2O7/c1-4-22(30)17-24(32)26-19(2)16-21(28-35-18-25(33)29-14-6-5-7-15-29)11-9-13-23(31)12-8-10-20(3)36-27(26)34/h8,12,20,23,31H,4-7,9-11,13-18H2,1-3H3. The van der Waals surface area contributed by atoms with Crippen LogP contribution in [0, 0.1) is 0 Å². The van der Waals surface area contributed by atoms with Gasteiger partial charge in [-0.2, -0.15) is 0 Å². The fourth-order valence-electron chi connectivity index (χ4n) is 4.22. The van der Waals surface area contributed by atoms with Gasteiger partial charge in [-0.3, -0.25) is 14.4 Å². The van der Waals surface area contributed by atoms with Gasteiger partial charge >= 0.3 is 5.97 Å². The summed E-state index contributed by atoms with van der Waals surface area (Å²) < 4.78 is 5.48. The number of piperidine rings is 1. The van der Waals surface area contributed by atoms with Gasteiger partial charge in [0.1, 0.15) is 17.5 Å². The highest BCUT2D eigenvalue weighted by molar-refractivity contribution is 6.22. The Bertz CT molecular complexity index is 885. The third-order valence-electron chi connectivity index (χ3n) is 6.32. The number of nitrogens with zero attached hydrogens (tertiary/aromatic N) is 2. The molecule has 0 bridgehead atoms. The van der Waals surface area contributed by atoms with Crippen molar-refractivity contribution in [2.24, 2.45) is 5.16 Å². The van der Waals surface area contributed by atoms with Crippen LogP contribution in [0.1, 0.15) is 85.0 Å². The number of ketones is 2. The van der Waals surface area contributed by atoms with Crippen LogP contribution >= 0.6 is 0 Å². The van der Waals surface area contributed by atoms with Crippen LogP contribution in [0.15, 0.2) is 28.5 Å². The summed E-state index contributed by atoms with van der Waals surface area (Å²) in [7, 11) is 0. The van der Waals surface area contributed by atoms with Crippen molar-refractivity contribution in [2.75, 3.05) is 19.7 Å². The van der Waals surface area contributed by atoms with Gasteiger partial charge in [-0.25, -0.2) is 4.79 Å². The number of allylic oxidation sites excluding steroid dienone is 1. The van der Waals surface area contributed by atoms with Crippen molar-refractivity contribution in [1.29, 1.82) is 0 Å². The van der Waals surface area contributed by atoms with Gasteiger partial charge in [0, 0.05) is 32.4 Å². The van der Waals surface area contributed by atoms with Crippen molar-refractivity contribution in [3.05, 3.63) is 23.3 Å². The normalized spacial score (nSPS) is 23.7. The molecule has 9 heteroatoms. The number of aliphatic hydroxyl groups excluding tert-OH is 1. The Balaban J connectivity index is 2.26. The van der Waals surface area contributed by atoms with Crippen LogP contribution in [0.3, 0.4) is 0 Å². The maximum absolute atomic E-state index is 13.0. The lowest BCUT2D eigenvalue weighted by Crippen LogP contribution is -2.37. The lowest BCUT2D eigenvalue weighted by molar-refractivity contribution is -0.144. The van der Waals surface area contributed by atoms with E-state index >= 15 is 0 Å². The molecular formula is C27H40N2O7. The van der Waals surface area contributed by atoms with E-state index < -0.39 is 24.0 Å². The molecule has 1 saturated heterocycles. The highest BCUT2D eigenvalue weighted by atomic mass is 16.6. The summed E-state index contributed by atoms with van der Waals surface area (Å²) in [5.41, 5.74) is 0.834. The van der Waals surface area contributed by atoms with Gasteiger partial charge in [0.05, 0.1) is 18.2 Å². The van der Waals surface area contributed by atoms with E-state index in [9.17, 15) is 24.3 Å². The highest BCUT2D eigenvalue weighted by Crippen LogP contribution is 2.20. The highest BCUT2D eigenvalue weighted by Gasteiger charge is 2.26. The Morgan fingerprint density at radius 3 is 2.61 bits per heavy atom. The van der Waals surface area contributed by atoms with Gasteiger partial charge in [0.2, 0.25) is 0 Å². The van der Waals surface area contributed by atoms with E-state index in [0.29, 0.717) is 50.1 Å². The summed E-state index contributed by atoms with van der Waals surface area (Å²) in [5, 5.41) is 14.4. The zero-order chi connectivity index (χ0) is 26.5. The number of hydrogen-bond donors (Lipinski definition) is 1. The van der Waals surface area contributed by atoms with Crippen molar-refractivity contribution in [3.8, 4) is 0 Å². The van der Waals surface area contributed by atoms with Crippen molar-refractivity contribution < 1.29 is 33.9 Å². The third kappa shape index (κ3) is 10.0. The number of cyclic esters (lactones) is 1. The van der Waals surface area contributed by atoms with E-state index in [4.69, 9.17) is 9.57 Å². The van der Waals surface area contributed by atoms with E-state index in [0.717, 1.165) is 19.3 Å². The van der Waals surface area contributed by atoms with Crippen LogP contribution in [-0.4, -0.2) is 71.1 Å². The lowest BCUT2D eigenvalue weighted by Gasteiger charge is -2.26. The Morgan fingerprint density at radius 1 is 1.19 bits per heavy atom. The van der Waals surface area contributed by atoms with Crippen molar-refractivity contribution in [3.63, 3.8) is 0 Å². The number of aliphatic hydroxyl groups is 1. The minimum Gasteiger partial charge on any atom is -0.459 e. The molecule has 200 valence electrons. The molecule has 2 aliphatic rings. The van der Waals surface area contributed by atoms with Crippen LogP contribution in [-0.2, 0) is 28.8 Å². The molecule has 2 atom stereocenters. The number of likely N-dealkylation sites (tertiary alicyclic amines) is 1. The Labute approximate surface area is 213 Å². The lowest BCUT2D eigenvalue weighted by atomic mass is 9.95. The van der Waals surface area contributed by atoms with E-state index in [2.05, 4.69) is 5.16 Å². The van der Waals surface area contributed by atoms with Crippen molar-refractivity contribution >= 4 is 29.2 Å². The summed E-state index contributed by atoms with van der Waals surface area (Å²) in [6.07, 6.45) is 7.23. The van der Waals surface area contributed by atoms with Gasteiger partial charge < -0.3 is 19.6 Å². The fraction of sp³-hybridized carbons (Fsp3) is 0.667. The minimum absolute atomic E-state index is 0.126. The molecule has 9 nitrogen and oxygen atoms in total. The number of hydrogen-bond acceptors (Lipinski definition) is 8. The molecule has 2 unspecified atom stereocenters. The number of esters is 1. The number of Topliss-reactive ketones (excluding diaryl/α,β-unsaturated/α-hetero) is 2. The number of carbonyl (C=O) groups excluding carboxylic acids is 4. The van der Waals surface area contributed by atoms with Gasteiger partial charge in [-0.1, -0.05) is 24.2 Å². The van der Waals surface area contributed by atoms with E-state index in [1.807, 2.05) is 0 Å². The summed E-state index contributed by atoms with van der Waals surface area (Å²) >= 11 is 0. The van der Waals surface area contributed by atoms with E-state index in [-0.39, 0.29) is 43.1 Å². The largest absolute Gasteiger partial charge is 0.459 e. The second-order valence-corrected chi connectivity index (χ2v) is 9.54. The molecule has 2 rings (SSSR count). The Morgan fingerprint density at radius 2 is 1.92 bits per heavy atom. The molecule has 0 saturated carbocycles. The second kappa shape index (κ2) is 15.3. The number of oxime groups is 1. The first-order valence-electron chi connectivity index (χ1n) is 13.0. The molecule has 0 spiro atoms. The SMILES string of the molecule is CCC(=O)CC(=O)C1=C(C)CC(=NOCC(=O)N2CCCCC2)CCCC(O)C=CCC(C)OC1=O. The molecule has 0 aromatic carbocycles. The maximum Gasteiger partial charge on any atom is 0.342 e. The molecule has 0 aromatic rings. The molecule has 2 heterocycles. The monoisotopic (exact) mass is 504 g/mol. The Kier molecular flexibility index (Phi) is 12.5. The average Bonchev–Trinajstić information content (AvgIpc) is 2.83. The van der Waals surface area contributed by atoms with Gasteiger partial charge in [0.25, 0.3) is 5.91 Å². The molecular weight excluding hydrogens is 464 g/mol. The summed E-state index contributed by atoms with van der Waals surface area (Å²) in [5.74, 6) is -1.74. The van der Waals surface area contributed by atoms with E-state index in [1.165, 1.54) is 0 Å². The number of ether oxygens (including phenoxy) is 1. The molecule has 1 amide bonds. The van der Waals surface area contributed by atoms with E-state index in [1.54, 1.807) is 37.8 Å². The minimum atomic E-state index is -0.777. The first kappa shape index (κ1) is 29.4. The first-order chi connectivity index (χ1) is 17.2. The first-order valence-corrected chi connectivity index (χ1v) is 13.0. The maximum atomic E-state index is 13.0. The van der Waals surface area contributed by atoms with Crippen molar-refractivity contribution in [2.45, 2.75) is 97.2 Å². The van der Waals surface area contributed by atoms with Crippen LogP contribution in [0.2, 0.25) is 0 Å². The quantitative estimate of drug-likeness (QED) is 0.185. The molecule has 1 fully saturated rings. The van der Waals surface area contributed by atoms with Crippen molar-refractivity contribution in [1.82, 2.24) is 4.90 Å². The number of carbonyl (C=O) groups is 4. The second-order valence-electron chi connectivity index (χ2n) is 9.54. The third-order valence-corrected chi connectivity index (χ3v) is 6.32. The summed E-state index contributed by atoms with van der Waals surface area (Å²) in [6, 6.07) is 0. The Hall–Kier alpha value is -2.81.